The van der Waals surface area contributed by atoms with E-state index in [-0.39, 0.29) is 37.0 Å². The molecule has 2 heterocycles. The molecule has 1 aliphatic heterocycles. The van der Waals surface area contributed by atoms with Crippen LogP contribution in [0, 0.1) is 5.82 Å². The van der Waals surface area contributed by atoms with Crippen LogP contribution < -0.4 is 5.73 Å². The number of halogens is 1. The van der Waals surface area contributed by atoms with E-state index in [1.54, 1.807) is 36.4 Å². The lowest BCUT2D eigenvalue weighted by Crippen LogP contribution is -2.17. The van der Waals surface area contributed by atoms with Gasteiger partial charge in [-0.2, -0.15) is 0 Å². The van der Waals surface area contributed by atoms with Crippen LogP contribution in [0.2, 0.25) is 0 Å². The van der Waals surface area contributed by atoms with Gasteiger partial charge in [-0.05, 0) is 59.4 Å². The van der Waals surface area contributed by atoms with Crippen molar-refractivity contribution in [3.8, 4) is 11.1 Å². The summed E-state index contributed by atoms with van der Waals surface area (Å²) in [5.41, 5.74) is 9.37. The minimum Gasteiger partial charge on any atom is -0.459 e. The van der Waals surface area contributed by atoms with Crippen LogP contribution in [0.1, 0.15) is 44.7 Å². The van der Waals surface area contributed by atoms with Gasteiger partial charge in [-0.25, -0.2) is 9.18 Å². The predicted molar refractivity (Wildman–Crippen MR) is 121 cm³/mol. The van der Waals surface area contributed by atoms with Gasteiger partial charge in [0.25, 0.3) is 0 Å². The van der Waals surface area contributed by atoms with Crippen molar-refractivity contribution in [2.75, 3.05) is 13.2 Å². The molecule has 33 heavy (non-hydrogen) atoms. The molecule has 170 valence electrons. The van der Waals surface area contributed by atoms with Crippen molar-refractivity contribution in [1.82, 2.24) is 4.98 Å². The SMILES string of the molecule is NCc1ccc(C(=O)Cc2ccncc2F)cc1-c1cccc(C(=O)OC[C@@H]2CCCO2)c1. The molecule has 0 aliphatic carbocycles. The summed E-state index contributed by atoms with van der Waals surface area (Å²) >= 11 is 0. The first-order chi connectivity index (χ1) is 16.0. The second-order valence-electron chi connectivity index (χ2n) is 7.96. The highest BCUT2D eigenvalue weighted by Gasteiger charge is 2.19. The van der Waals surface area contributed by atoms with Crippen molar-refractivity contribution < 1.29 is 23.5 Å². The first-order valence-corrected chi connectivity index (χ1v) is 10.9. The number of pyridine rings is 1. The number of benzene rings is 2. The number of nitrogens with two attached hydrogens (primary N) is 1. The smallest absolute Gasteiger partial charge is 0.338 e. The van der Waals surface area contributed by atoms with E-state index in [0.29, 0.717) is 17.7 Å². The van der Waals surface area contributed by atoms with E-state index in [9.17, 15) is 14.0 Å². The number of hydrogen-bond acceptors (Lipinski definition) is 6. The van der Waals surface area contributed by atoms with Gasteiger partial charge in [0.15, 0.2) is 5.78 Å². The van der Waals surface area contributed by atoms with Gasteiger partial charge in [0.2, 0.25) is 0 Å². The first-order valence-electron chi connectivity index (χ1n) is 10.9. The Kier molecular flexibility index (Phi) is 7.22. The minimum atomic E-state index is -0.515. The average Bonchev–Trinajstić information content (AvgIpc) is 3.37. The number of hydrogen-bond donors (Lipinski definition) is 1. The van der Waals surface area contributed by atoms with Gasteiger partial charge in [0.1, 0.15) is 12.4 Å². The number of ketones is 1. The van der Waals surface area contributed by atoms with Crippen LogP contribution in [0.15, 0.2) is 60.9 Å². The Morgan fingerprint density at radius 1 is 1.12 bits per heavy atom. The van der Waals surface area contributed by atoms with Crippen molar-refractivity contribution >= 4 is 11.8 Å². The average molecular weight is 448 g/mol. The molecule has 7 heteroatoms. The summed E-state index contributed by atoms with van der Waals surface area (Å²) in [6.45, 7) is 1.19. The molecular weight excluding hydrogens is 423 g/mol. The summed E-state index contributed by atoms with van der Waals surface area (Å²) in [7, 11) is 0. The fourth-order valence-electron chi connectivity index (χ4n) is 3.86. The van der Waals surface area contributed by atoms with Crippen LogP contribution >= 0.6 is 0 Å². The summed E-state index contributed by atoms with van der Waals surface area (Å²) in [4.78, 5) is 29.1. The fraction of sp³-hybridized carbons (Fsp3) is 0.269. The maximum atomic E-state index is 13.9. The molecule has 2 N–H and O–H groups in total. The molecule has 0 radical (unpaired) electrons. The van der Waals surface area contributed by atoms with Gasteiger partial charge in [-0.15, -0.1) is 0 Å². The Morgan fingerprint density at radius 2 is 2.00 bits per heavy atom. The molecule has 0 spiro atoms. The van der Waals surface area contributed by atoms with E-state index in [0.717, 1.165) is 35.7 Å². The van der Waals surface area contributed by atoms with Crippen molar-refractivity contribution in [2.24, 2.45) is 5.73 Å². The fourth-order valence-corrected chi connectivity index (χ4v) is 3.86. The molecule has 0 saturated carbocycles. The van der Waals surface area contributed by atoms with E-state index in [1.807, 2.05) is 6.07 Å². The maximum Gasteiger partial charge on any atom is 0.338 e. The normalized spacial score (nSPS) is 15.4. The van der Waals surface area contributed by atoms with Gasteiger partial charge >= 0.3 is 5.97 Å². The van der Waals surface area contributed by atoms with Crippen molar-refractivity contribution in [2.45, 2.75) is 31.9 Å². The summed E-state index contributed by atoms with van der Waals surface area (Å²) in [5.74, 6) is -1.17. The lowest BCUT2D eigenvalue weighted by Gasteiger charge is -2.13. The van der Waals surface area contributed by atoms with E-state index >= 15 is 0 Å². The van der Waals surface area contributed by atoms with Gasteiger partial charge in [-0.1, -0.05) is 24.3 Å². The van der Waals surface area contributed by atoms with Gasteiger partial charge in [0, 0.05) is 31.3 Å². The topological polar surface area (TPSA) is 91.5 Å². The number of esters is 1. The molecular formula is C26H25FN2O4. The van der Waals surface area contributed by atoms with Crippen LogP contribution in [-0.2, 0) is 22.4 Å². The van der Waals surface area contributed by atoms with Crippen LogP contribution in [-0.4, -0.2) is 36.1 Å². The number of ether oxygens (including phenoxy) is 2. The second-order valence-corrected chi connectivity index (χ2v) is 7.96. The van der Waals surface area contributed by atoms with E-state index < -0.39 is 11.8 Å². The zero-order valence-electron chi connectivity index (χ0n) is 18.1. The molecule has 3 aromatic rings. The Bertz CT molecular complexity index is 1160. The molecule has 0 bridgehead atoms. The molecule has 1 fully saturated rings. The molecule has 2 aromatic carbocycles. The number of aromatic nitrogens is 1. The largest absolute Gasteiger partial charge is 0.459 e. The van der Waals surface area contributed by atoms with Gasteiger partial charge in [0.05, 0.1) is 17.9 Å². The minimum absolute atomic E-state index is 0.0473. The second kappa shape index (κ2) is 10.5. The lowest BCUT2D eigenvalue weighted by atomic mass is 9.93. The molecule has 1 aromatic heterocycles. The highest BCUT2D eigenvalue weighted by atomic mass is 19.1. The molecule has 1 atom stereocenters. The Hall–Kier alpha value is -3.42. The van der Waals surface area contributed by atoms with E-state index in [1.165, 1.54) is 12.3 Å². The zero-order valence-corrected chi connectivity index (χ0v) is 18.1. The van der Waals surface area contributed by atoms with Gasteiger partial charge in [-0.3, -0.25) is 9.78 Å². The number of carbonyl (C=O) groups is 2. The summed E-state index contributed by atoms with van der Waals surface area (Å²) in [6, 6.07) is 13.7. The zero-order chi connectivity index (χ0) is 23.2. The Labute approximate surface area is 191 Å². The number of carbonyl (C=O) groups excluding carboxylic acids is 2. The molecule has 4 rings (SSSR count). The third-order valence-corrected chi connectivity index (χ3v) is 5.69. The molecule has 0 unspecified atom stereocenters. The number of Topliss-reactive ketones (excluding diaryl/α,β-unsaturated/α-hetero) is 1. The maximum absolute atomic E-state index is 13.9. The highest BCUT2D eigenvalue weighted by Crippen LogP contribution is 2.27. The molecule has 1 saturated heterocycles. The van der Waals surface area contributed by atoms with Gasteiger partial charge < -0.3 is 15.2 Å². The van der Waals surface area contributed by atoms with E-state index in [4.69, 9.17) is 15.2 Å². The molecule has 0 amide bonds. The first kappa shape index (κ1) is 22.8. The third-order valence-electron chi connectivity index (χ3n) is 5.69. The summed E-state index contributed by atoms with van der Waals surface area (Å²) in [6.07, 6.45) is 4.28. The van der Waals surface area contributed by atoms with Crippen molar-refractivity contribution in [3.05, 3.63) is 89.0 Å². The van der Waals surface area contributed by atoms with Crippen molar-refractivity contribution in [1.29, 1.82) is 0 Å². The quantitative estimate of drug-likeness (QED) is 0.412. The predicted octanol–water partition coefficient (Wildman–Crippen LogP) is 4.11. The van der Waals surface area contributed by atoms with Crippen molar-refractivity contribution in [3.63, 3.8) is 0 Å². The van der Waals surface area contributed by atoms with Crippen LogP contribution in [0.3, 0.4) is 0 Å². The summed E-state index contributed by atoms with van der Waals surface area (Å²) < 4.78 is 24.8. The standard InChI is InChI=1S/C26H25FN2O4/c27-24-15-29-9-8-18(24)13-25(30)19-6-7-21(14-28)23(12-19)17-3-1-4-20(11-17)26(31)33-16-22-5-2-10-32-22/h1,3-4,6-9,11-12,15,22H,2,5,10,13-14,16,28H2/t22-/m0/s1. The number of rotatable bonds is 8. The van der Waals surface area contributed by atoms with Crippen LogP contribution in [0.5, 0.6) is 0 Å². The summed E-state index contributed by atoms with van der Waals surface area (Å²) in [5, 5.41) is 0. The highest BCUT2D eigenvalue weighted by molar-refractivity contribution is 5.99. The van der Waals surface area contributed by atoms with Crippen LogP contribution in [0.25, 0.3) is 11.1 Å². The lowest BCUT2D eigenvalue weighted by molar-refractivity contribution is 0.0161. The third kappa shape index (κ3) is 5.50. The number of nitrogens with zero attached hydrogens (tertiary/aromatic N) is 1. The molecule has 1 aliphatic rings. The molecule has 6 nitrogen and oxygen atoms in total. The van der Waals surface area contributed by atoms with E-state index in [2.05, 4.69) is 4.98 Å². The van der Waals surface area contributed by atoms with Crippen LogP contribution in [0.4, 0.5) is 4.39 Å². The monoisotopic (exact) mass is 448 g/mol. The Balaban J connectivity index is 1.56. The Morgan fingerprint density at radius 3 is 2.76 bits per heavy atom.